The number of benzene rings is 1. The molecule has 0 saturated carbocycles. The van der Waals surface area contributed by atoms with Crippen LogP contribution in [0, 0.1) is 5.82 Å². The summed E-state index contributed by atoms with van der Waals surface area (Å²) < 4.78 is 37.6. The van der Waals surface area contributed by atoms with Gasteiger partial charge >= 0.3 is 5.97 Å². The minimum Gasteiger partial charge on any atom is -0.480 e. The lowest BCUT2D eigenvalue weighted by atomic mass is 10.1. The molecule has 0 atom stereocenters. The molecular formula is C11H13FN2O5S. The van der Waals surface area contributed by atoms with Crippen molar-refractivity contribution in [2.75, 3.05) is 24.6 Å². The standard InChI is InChI=1S/C11H13FN2O5S/c1-14(6-10(15)16)11(17)8-5-7(12)3-4-9(8)13-20(2,18)19/h3-5,13H,6H2,1-2H3,(H,15,16). The number of carbonyl (C=O) groups excluding carboxylic acids is 1. The molecule has 0 aliphatic rings. The van der Waals surface area contributed by atoms with E-state index in [1.807, 2.05) is 0 Å². The van der Waals surface area contributed by atoms with Crippen LogP contribution in [-0.4, -0.2) is 50.1 Å². The molecule has 0 bridgehead atoms. The summed E-state index contributed by atoms with van der Waals surface area (Å²) in [6.45, 7) is -0.590. The van der Waals surface area contributed by atoms with Gasteiger partial charge in [0, 0.05) is 7.05 Å². The Bertz CT molecular complexity index is 644. The van der Waals surface area contributed by atoms with Crippen molar-refractivity contribution in [2.24, 2.45) is 0 Å². The average molecular weight is 304 g/mol. The SMILES string of the molecule is CN(CC(=O)O)C(=O)c1cc(F)ccc1NS(C)(=O)=O. The van der Waals surface area contributed by atoms with E-state index >= 15 is 0 Å². The summed E-state index contributed by atoms with van der Waals surface area (Å²) in [5, 5.41) is 8.61. The summed E-state index contributed by atoms with van der Waals surface area (Å²) in [6, 6.07) is 2.92. The Morgan fingerprint density at radius 2 is 2.00 bits per heavy atom. The number of hydrogen-bond donors (Lipinski definition) is 2. The van der Waals surface area contributed by atoms with Crippen molar-refractivity contribution in [3.05, 3.63) is 29.6 Å². The highest BCUT2D eigenvalue weighted by atomic mass is 32.2. The number of hydrogen-bond acceptors (Lipinski definition) is 4. The summed E-state index contributed by atoms with van der Waals surface area (Å²) in [5.74, 6) is -2.79. The highest BCUT2D eigenvalue weighted by Crippen LogP contribution is 2.19. The summed E-state index contributed by atoms with van der Waals surface area (Å²) in [5.41, 5.74) is -0.379. The van der Waals surface area contributed by atoms with Gasteiger partial charge in [-0.3, -0.25) is 14.3 Å². The van der Waals surface area contributed by atoms with Gasteiger partial charge in [0.25, 0.3) is 5.91 Å². The summed E-state index contributed by atoms with van der Waals surface area (Å²) in [7, 11) is -2.44. The van der Waals surface area contributed by atoms with Crippen molar-refractivity contribution in [1.29, 1.82) is 0 Å². The third-order valence-electron chi connectivity index (χ3n) is 2.23. The van der Waals surface area contributed by atoms with E-state index in [-0.39, 0.29) is 11.3 Å². The molecule has 0 aliphatic carbocycles. The summed E-state index contributed by atoms with van der Waals surface area (Å²) in [6.07, 6.45) is 0.881. The molecule has 110 valence electrons. The van der Waals surface area contributed by atoms with E-state index in [0.717, 1.165) is 29.4 Å². The minimum atomic E-state index is -3.65. The van der Waals surface area contributed by atoms with Crippen LogP contribution in [0.25, 0.3) is 0 Å². The second-order valence-corrected chi connectivity index (χ2v) is 5.87. The first-order valence-electron chi connectivity index (χ1n) is 5.35. The van der Waals surface area contributed by atoms with Gasteiger partial charge in [-0.1, -0.05) is 0 Å². The zero-order valence-corrected chi connectivity index (χ0v) is 11.6. The van der Waals surface area contributed by atoms with Gasteiger partial charge in [-0.2, -0.15) is 0 Å². The zero-order valence-electron chi connectivity index (χ0n) is 10.8. The molecule has 0 saturated heterocycles. The molecule has 1 amide bonds. The monoisotopic (exact) mass is 304 g/mol. The third-order valence-corrected chi connectivity index (χ3v) is 2.82. The van der Waals surface area contributed by atoms with E-state index in [0.29, 0.717) is 0 Å². The van der Waals surface area contributed by atoms with E-state index in [9.17, 15) is 22.4 Å². The van der Waals surface area contributed by atoms with Crippen LogP contribution in [0.2, 0.25) is 0 Å². The third kappa shape index (κ3) is 4.50. The molecule has 0 aliphatic heterocycles. The van der Waals surface area contributed by atoms with Crippen LogP contribution in [0.1, 0.15) is 10.4 Å². The first kappa shape index (κ1) is 15.9. The van der Waals surface area contributed by atoms with Crippen molar-refractivity contribution < 1.29 is 27.5 Å². The molecule has 0 spiro atoms. The molecule has 0 radical (unpaired) electrons. The maximum Gasteiger partial charge on any atom is 0.323 e. The van der Waals surface area contributed by atoms with Gasteiger partial charge in [-0.05, 0) is 18.2 Å². The Balaban J connectivity index is 3.18. The molecule has 2 N–H and O–H groups in total. The number of anilines is 1. The Kier molecular flexibility index (Phi) is 4.66. The van der Waals surface area contributed by atoms with E-state index in [4.69, 9.17) is 5.11 Å². The molecular weight excluding hydrogens is 291 g/mol. The number of halogens is 1. The molecule has 0 fully saturated rings. The predicted octanol–water partition coefficient (Wildman–Crippen LogP) is 0.354. The van der Waals surface area contributed by atoms with Crippen molar-refractivity contribution >= 4 is 27.6 Å². The largest absolute Gasteiger partial charge is 0.480 e. The molecule has 0 heterocycles. The number of carboxylic acid groups (broad SMARTS) is 1. The number of carboxylic acids is 1. The van der Waals surface area contributed by atoms with Crippen molar-refractivity contribution in [3.8, 4) is 0 Å². The van der Waals surface area contributed by atoms with Gasteiger partial charge in [0.2, 0.25) is 10.0 Å². The molecule has 1 aromatic rings. The second-order valence-electron chi connectivity index (χ2n) is 4.12. The van der Waals surface area contributed by atoms with Gasteiger partial charge in [0.05, 0.1) is 17.5 Å². The van der Waals surface area contributed by atoms with Crippen LogP contribution in [0.15, 0.2) is 18.2 Å². The molecule has 20 heavy (non-hydrogen) atoms. The maximum absolute atomic E-state index is 13.2. The number of likely N-dealkylation sites (N-methyl/N-ethyl adjacent to an activating group) is 1. The fraction of sp³-hybridized carbons (Fsp3) is 0.273. The zero-order chi connectivity index (χ0) is 15.5. The highest BCUT2D eigenvalue weighted by Gasteiger charge is 2.20. The van der Waals surface area contributed by atoms with Crippen molar-refractivity contribution in [3.63, 3.8) is 0 Å². The first-order chi connectivity index (χ1) is 9.10. The van der Waals surface area contributed by atoms with Gasteiger partial charge in [-0.15, -0.1) is 0 Å². The van der Waals surface area contributed by atoms with Crippen LogP contribution in [0.5, 0.6) is 0 Å². The molecule has 1 rings (SSSR count). The molecule has 7 nitrogen and oxygen atoms in total. The summed E-state index contributed by atoms with van der Waals surface area (Å²) in [4.78, 5) is 23.4. The lowest BCUT2D eigenvalue weighted by Gasteiger charge is -2.17. The lowest BCUT2D eigenvalue weighted by molar-refractivity contribution is -0.137. The molecule has 9 heteroatoms. The lowest BCUT2D eigenvalue weighted by Crippen LogP contribution is -2.32. The number of carbonyl (C=O) groups is 2. The van der Waals surface area contributed by atoms with E-state index in [1.165, 1.54) is 7.05 Å². The Morgan fingerprint density at radius 3 is 2.50 bits per heavy atom. The minimum absolute atomic E-state index is 0.115. The fourth-order valence-electron chi connectivity index (χ4n) is 1.46. The Morgan fingerprint density at radius 1 is 1.40 bits per heavy atom. The maximum atomic E-state index is 13.2. The normalized spacial score (nSPS) is 10.9. The van der Waals surface area contributed by atoms with Crippen molar-refractivity contribution in [2.45, 2.75) is 0 Å². The van der Waals surface area contributed by atoms with Crippen molar-refractivity contribution in [1.82, 2.24) is 4.90 Å². The highest BCUT2D eigenvalue weighted by molar-refractivity contribution is 7.92. The number of sulfonamides is 1. The molecule has 0 aromatic heterocycles. The second kappa shape index (κ2) is 5.87. The number of rotatable bonds is 5. The van der Waals surface area contributed by atoms with E-state index in [2.05, 4.69) is 4.72 Å². The quantitative estimate of drug-likeness (QED) is 0.817. The Hall–Kier alpha value is -2.16. The van der Waals surface area contributed by atoms with E-state index in [1.54, 1.807) is 0 Å². The first-order valence-corrected chi connectivity index (χ1v) is 7.24. The van der Waals surface area contributed by atoms with Crippen LogP contribution in [-0.2, 0) is 14.8 Å². The smallest absolute Gasteiger partial charge is 0.323 e. The van der Waals surface area contributed by atoms with Crippen LogP contribution in [0.3, 0.4) is 0 Å². The van der Waals surface area contributed by atoms with Gasteiger partial charge in [0.1, 0.15) is 12.4 Å². The number of nitrogens with zero attached hydrogens (tertiary/aromatic N) is 1. The van der Waals surface area contributed by atoms with E-state index < -0.39 is 34.3 Å². The number of aliphatic carboxylic acids is 1. The topological polar surface area (TPSA) is 104 Å². The molecule has 0 unspecified atom stereocenters. The summed E-state index contributed by atoms with van der Waals surface area (Å²) >= 11 is 0. The fourth-order valence-corrected chi connectivity index (χ4v) is 2.04. The Labute approximate surface area is 115 Å². The number of amides is 1. The van der Waals surface area contributed by atoms with Gasteiger partial charge < -0.3 is 10.0 Å². The van der Waals surface area contributed by atoms with Gasteiger partial charge in [-0.25, -0.2) is 12.8 Å². The van der Waals surface area contributed by atoms with Crippen LogP contribution in [0.4, 0.5) is 10.1 Å². The molecule has 1 aromatic carbocycles. The predicted molar refractivity (Wildman–Crippen MR) is 69.5 cm³/mol. The van der Waals surface area contributed by atoms with Gasteiger partial charge in [0.15, 0.2) is 0 Å². The van der Waals surface area contributed by atoms with Crippen LogP contribution >= 0.6 is 0 Å². The number of nitrogens with one attached hydrogen (secondary N) is 1. The van der Waals surface area contributed by atoms with Crippen LogP contribution < -0.4 is 4.72 Å². The average Bonchev–Trinajstić information content (AvgIpc) is 2.28.